The van der Waals surface area contributed by atoms with Crippen LogP contribution >= 0.6 is 11.3 Å². The van der Waals surface area contributed by atoms with E-state index in [-0.39, 0.29) is 6.61 Å². The molecule has 19 heavy (non-hydrogen) atoms. The van der Waals surface area contributed by atoms with Crippen LogP contribution in [0.2, 0.25) is 0 Å². The maximum Gasteiger partial charge on any atom is 0.104 e. The van der Waals surface area contributed by atoms with E-state index in [9.17, 15) is 0 Å². The Morgan fingerprint density at radius 2 is 2.32 bits per heavy atom. The van der Waals surface area contributed by atoms with E-state index in [1.165, 1.54) is 17.8 Å². The second kappa shape index (κ2) is 7.06. The zero-order valence-corrected chi connectivity index (χ0v) is 12.5. The normalized spacial score (nSPS) is 21.7. The lowest BCUT2D eigenvalue weighted by molar-refractivity contribution is 0.196. The smallest absolute Gasteiger partial charge is 0.104 e. The summed E-state index contributed by atoms with van der Waals surface area (Å²) < 4.78 is 0. The van der Waals surface area contributed by atoms with Crippen molar-refractivity contribution in [1.29, 1.82) is 0 Å². The summed E-state index contributed by atoms with van der Waals surface area (Å²) in [6.45, 7) is 6.67. The van der Waals surface area contributed by atoms with Gasteiger partial charge >= 0.3 is 0 Å². The lowest BCUT2D eigenvalue weighted by atomic mass is 10.2. The fraction of sp³-hybridized carbons (Fsp3) is 0.600. The Morgan fingerprint density at radius 1 is 1.47 bits per heavy atom. The van der Waals surface area contributed by atoms with Gasteiger partial charge in [-0.25, -0.2) is 0 Å². The van der Waals surface area contributed by atoms with Crippen LogP contribution in [0.3, 0.4) is 0 Å². The highest BCUT2D eigenvalue weighted by molar-refractivity contribution is 7.10. The molecule has 0 aliphatic carbocycles. The van der Waals surface area contributed by atoms with Crippen molar-refractivity contribution in [2.75, 3.05) is 33.3 Å². The number of aliphatic hydroxyl groups excluding tert-OH is 1. The van der Waals surface area contributed by atoms with E-state index in [1.807, 2.05) is 0 Å². The third-order valence-electron chi connectivity index (χ3n) is 3.58. The molecular weight excluding hydrogens is 256 g/mol. The van der Waals surface area contributed by atoms with Crippen molar-refractivity contribution in [3.8, 4) is 11.8 Å². The predicted molar refractivity (Wildman–Crippen MR) is 80.3 cm³/mol. The Balaban J connectivity index is 2.05. The van der Waals surface area contributed by atoms with Crippen LogP contribution in [0.25, 0.3) is 0 Å². The van der Waals surface area contributed by atoms with E-state index < -0.39 is 0 Å². The maximum atomic E-state index is 8.80. The van der Waals surface area contributed by atoms with E-state index in [1.54, 1.807) is 11.3 Å². The van der Waals surface area contributed by atoms with Crippen LogP contribution in [0.1, 0.15) is 23.8 Å². The van der Waals surface area contributed by atoms with E-state index in [0.29, 0.717) is 6.04 Å². The second-order valence-corrected chi connectivity index (χ2v) is 6.15. The quantitative estimate of drug-likeness (QED) is 0.833. The minimum atomic E-state index is -0.0692. The lowest BCUT2D eigenvalue weighted by Crippen LogP contribution is -2.37. The van der Waals surface area contributed by atoms with Crippen LogP contribution in [0.15, 0.2) is 11.4 Å². The number of likely N-dealkylation sites (N-methyl/N-ethyl adjacent to an activating group) is 1. The fourth-order valence-corrected chi connectivity index (χ4v) is 3.41. The minimum Gasteiger partial charge on any atom is -0.384 e. The first-order valence-electron chi connectivity index (χ1n) is 6.79. The summed E-state index contributed by atoms with van der Waals surface area (Å²) in [7, 11) is 2.20. The van der Waals surface area contributed by atoms with E-state index in [4.69, 9.17) is 5.11 Å². The van der Waals surface area contributed by atoms with Gasteiger partial charge in [-0.2, -0.15) is 0 Å². The largest absolute Gasteiger partial charge is 0.384 e. The van der Waals surface area contributed by atoms with Crippen LogP contribution < -0.4 is 0 Å². The Labute approximate surface area is 119 Å². The average molecular weight is 278 g/mol. The Kier molecular flexibility index (Phi) is 5.41. The number of thiophene rings is 1. The highest BCUT2D eigenvalue weighted by Gasteiger charge is 2.20. The molecule has 104 valence electrons. The summed E-state index contributed by atoms with van der Waals surface area (Å²) >= 11 is 1.76. The van der Waals surface area contributed by atoms with Crippen molar-refractivity contribution in [2.45, 2.75) is 25.9 Å². The Hall–Kier alpha value is -0.860. The molecule has 1 aliphatic rings. The molecule has 0 spiro atoms. The van der Waals surface area contributed by atoms with Crippen molar-refractivity contribution in [1.82, 2.24) is 9.80 Å². The molecule has 0 saturated carbocycles. The number of aliphatic hydroxyl groups is 1. The standard InChI is InChI=1S/C15H22N2OS/c1-13-11-16(2)7-4-8-17(13)12-15-14(5-3-9-18)6-10-19-15/h6,10,13,18H,4,7-9,11-12H2,1-2H3. The molecule has 1 N–H and O–H groups in total. The summed E-state index contributed by atoms with van der Waals surface area (Å²) in [5, 5.41) is 10.9. The third-order valence-corrected chi connectivity index (χ3v) is 4.48. The molecule has 0 bridgehead atoms. The highest BCUT2D eigenvalue weighted by atomic mass is 32.1. The van der Waals surface area contributed by atoms with Crippen LogP contribution in [-0.2, 0) is 6.54 Å². The van der Waals surface area contributed by atoms with Crippen molar-refractivity contribution in [3.63, 3.8) is 0 Å². The van der Waals surface area contributed by atoms with Crippen LogP contribution in [-0.4, -0.2) is 54.2 Å². The summed E-state index contributed by atoms with van der Waals surface area (Å²) in [5.41, 5.74) is 1.07. The van der Waals surface area contributed by atoms with Gasteiger partial charge in [0, 0.05) is 36.1 Å². The van der Waals surface area contributed by atoms with Crippen molar-refractivity contribution in [3.05, 3.63) is 21.9 Å². The minimum absolute atomic E-state index is 0.0692. The molecular formula is C15H22N2OS. The van der Waals surface area contributed by atoms with Gasteiger partial charge in [0.05, 0.1) is 0 Å². The first kappa shape index (κ1) is 14.5. The molecule has 1 saturated heterocycles. The van der Waals surface area contributed by atoms with Gasteiger partial charge in [0.15, 0.2) is 0 Å². The van der Waals surface area contributed by atoms with Crippen molar-refractivity contribution < 1.29 is 5.11 Å². The number of nitrogens with zero attached hydrogens (tertiary/aromatic N) is 2. The van der Waals surface area contributed by atoms with E-state index in [2.05, 4.69) is 47.1 Å². The molecule has 4 heteroatoms. The molecule has 3 nitrogen and oxygen atoms in total. The number of rotatable bonds is 2. The summed E-state index contributed by atoms with van der Waals surface area (Å²) in [4.78, 5) is 6.27. The molecule has 2 rings (SSSR count). The summed E-state index contributed by atoms with van der Waals surface area (Å²) in [6.07, 6.45) is 1.23. The fourth-order valence-electron chi connectivity index (χ4n) is 2.55. The third kappa shape index (κ3) is 4.05. The van der Waals surface area contributed by atoms with Gasteiger partial charge in [-0.1, -0.05) is 11.8 Å². The van der Waals surface area contributed by atoms with Gasteiger partial charge in [-0.15, -0.1) is 11.3 Å². The SMILES string of the molecule is CC1CN(C)CCCN1Cc1sccc1C#CCO. The first-order valence-corrected chi connectivity index (χ1v) is 7.67. The summed E-state index contributed by atoms with van der Waals surface area (Å²) in [6, 6.07) is 2.63. The molecule has 0 amide bonds. The molecule has 1 aliphatic heterocycles. The van der Waals surface area contributed by atoms with Gasteiger partial charge < -0.3 is 10.0 Å². The van der Waals surface area contributed by atoms with E-state index in [0.717, 1.165) is 25.2 Å². The van der Waals surface area contributed by atoms with Crippen LogP contribution in [0.4, 0.5) is 0 Å². The van der Waals surface area contributed by atoms with Gasteiger partial charge in [0.2, 0.25) is 0 Å². The lowest BCUT2D eigenvalue weighted by Gasteiger charge is -2.27. The molecule has 1 aromatic rings. The highest BCUT2D eigenvalue weighted by Crippen LogP contribution is 2.20. The molecule has 1 fully saturated rings. The van der Waals surface area contributed by atoms with Crippen LogP contribution in [0, 0.1) is 11.8 Å². The predicted octanol–water partition coefficient (Wildman–Crippen LogP) is 1.62. The second-order valence-electron chi connectivity index (χ2n) is 5.15. The van der Waals surface area contributed by atoms with E-state index >= 15 is 0 Å². The van der Waals surface area contributed by atoms with Gasteiger partial charge in [0.25, 0.3) is 0 Å². The zero-order chi connectivity index (χ0) is 13.7. The van der Waals surface area contributed by atoms with Crippen LogP contribution in [0.5, 0.6) is 0 Å². The molecule has 1 unspecified atom stereocenters. The average Bonchev–Trinajstić information content (AvgIpc) is 2.75. The topological polar surface area (TPSA) is 26.7 Å². The molecule has 1 aromatic heterocycles. The van der Waals surface area contributed by atoms with Gasteiger partial charge in [-0.05, 0) is 38.4 Å². The zero-order valence-electron chi connectivity index (χ0n) is 11.7. The molecule has 0 radical (unpaired) electrons. The van der Waals surface area contributed by atoms with Gasteiger partial charge in [0.1, 0.15) is 6.61 Å². The van der Waals surface area contributed by atoms with Crippen molar-refractivity contribution in [2.24, 2.45) is 0 Å². The number of hydrogen-bond acceptors (Lipinski definition) is 4. The Morgan fingerprint density at radius 3 is 3.11 bits per heavy atom. The summed E-state index contributed by atoms with van der Waals surface area (Å²) in [5.74, 6) is 5.79. The monoisotopic (exact) mass is 278 g/mol. The first-order chi connectivity index (χ1) is 9.20. The molecule has 1 atom stereocenters. The Bertz CT molecular complexity index is 460. The maximum absolute atomic E-state index is 8.80. The number of hydrogen-bond donors (Lipinski definition) is 1. The van der Waals surface area contributed by atoms with Crippen molar-refractivity contribution >= 4 is 11.3 Å². The molecule has 2 heterocycles. The molecule has 0 aromatic carbocycles. The van der Waals surface area contributed by atoms with Gasteiger partial charge in [-0.3, -0.25) is 4.90 Å².